The summed E-state index contributed by atoms with van der Waals surface area (Å²) in [6, 6.07) is 6.76. The maximum absolute atomic E-state index is 14.1. The van der Waals surface area contributed by atoms with E-state index in [4.69, 9.17) is 0 Å². The first-order valence-electron chi connectivity index (χ1n) is 7.89. The van der Waals surface area contributed by atoms with E-state index < -0.39 is 0 Å². The lowest BCUT2D eigenvalue weighted by Crippen LogP contribution is -2.05. The van der Waals surface area contributed by atoms with Crippen LogP contribution in [-0.2, 0) is 5.75 Å². The molecule has 1 aromatic carbocycles. The number of thioether (sulfide) groups is 1. The standard InChI is InChI=1S/C16H15FN8S/c1-9-4-5-12(17)13(6-9)25-14(20-22-23-25)8-26-16-19-15-18-10(2)7-11(3)24(15)21-16/h4-7H,8H2,1-3H3. The molecule has 0 radical (unpaired) electrons. The Bertz CT molecular complexity index is 1100. The first-order chi connectivity index (χ1) is 12.5. The minimum absolute atomic E-state index is 0.321. The minimum Gasteiger partial charge on any atom is -0.216 e. The predicted molar refractivity (Wildman–Crippen MR) is 93.7 cm³/mol. The summed E-state index contributed by atoms with van der Waals surface area (Å²) >= 11 is 1.37. The molecule has 0 amide bonds. The fourth-order valence-electron chi connectivity index (χ4n) is 2.61. The topological polar surface area (TPSA) is 86.7 Å². The zero-order chi connectivity index (χ0) is 18.3. The summed E-state index contributed by atoms with van der Waals surface area (Å²) in [6.45, 7) is 5.75. The van der Waals surface area contributed by atoms with Gasteiger partial charge in [0.05, 0.1) is 5.75 Å². The molecule has 0 fully saturated rings. The Labute approximate surface area is 152 Å². The van der Waals surface area contributed by atoms with E-state index in [1.165, 1.54) is 22.5 Å². The number of fused-ring (bicyclic) bond motifs is 1. The number of hydrogen-bond donors (Lipinski definition) is 0. The van der Waals surface area contributed by atoms with Gasteiger partial charge in [0.25, 0.3) is 5.78 Å². The highest BCUT2D eigenvalue weighted by Gasteiger charge is 2.15. The lowest BCUT2D eigenvalue weighted by atomic mass is 10.2. The van der Waals surface area contributed by atoms with Crippen molar-refractivity contribution in [3.63, 3.8) is 0 Å². The Morgan fingerprint density at radius 3 is 2.81 bits per heavy atom. The summed E-state index contributed by atoms with van der Waals surface area (Å²) in [5.41, 5.74) is 3.09. The maximum atomic E-state index is 14.1. The summed E-state index contributed by atoms with van der Waals surface area (Å²) in [5.74, 6) is 1.08. The van der Waals surface area contributed by atoms with E-state index in [1.54, 1.807) is 16.6 Å². The molecular formula is C16H15FN8S. The Morgan fingerprint density at radius 2 is 1.96 bits per heavy atom. The molecule has 26 heavy (non-hydrogen) atoms. The SMILES string of the molecule is Cc1ccc(F)c(-n2nnnc2CSc2nc3nc(C)cc(C)n3n2)c1. The summed E-state index contributed by atoms with van der Waals surface area (Å²) in [6.07, 6.45) is 0. The van der Waals surface area contributed by atoms with Crippen molar-refractivity contribution in [2.24, 2.45) is 0 Å². The number of aryl methyl sites for hydroxylation is 3. The lowest BCUT2D eigenvalue weighted by molar-refractivity contribution is 0.603. The van der Waals surface area contributed by atoms with Crippen LogP contribution in [0.5, 0.6) is 0 Å². The number of hydrogen-bond acceptors (Lipinski definition) is 7. The first-order valence-corrected chi connectivity index (χ1v) is 8.87. The highest BCUT2D eigenvalue weighted by atomic mass is 32.2. The average Bonchev–Trinajstić information content (AvgIpc) is 3.21. The summed E-state index contributed by atoms with van der Waals surface area (Å²) in [4.78, 5) is 8.79. The zero-order valence-electron chi connectivity index (χ0n) is 14.4. The molecule has 0 unspecified atom stereocenters. The van der Waals surface area contributed by atoms with Gasteiger partial charge in [-0.15, -0.1) is 10.2 Å². The van der Waals surface area contributed by atoms with Crippen LogP contribution < -0.4 is 0 Å². The molecule has 0 saturated heterocycles. The first kappa shape index (κ1) is 16.6. The van der Waals surface area contributed by atoms with Crippen LogP contribution in [0.2, 0.25) is 0 Å². The fourth-order valence-corrected chi connectivity index (χ4v) is 3.33. The van der Waals surface area contributed by atoms with Crippen LogP contribution in [0.4, 0.5) is 4.39 Å². The van der Waals surface area contributed by atoms with Gasteiger partial charge in [0.1, 0.15) is 11.5 Å². The number of nitrogens with zero attached hydrogens (tertiary/aromatic N) is 8. The van der Waals surface area contributed by atoms with Crippen molar-refractivity contribution in [3.8, 4) is 5.69 Å². The van der Waals surface area contributed by atoms with E-state index in [1.807, 2.05) is 26.8 Å². The molecule has 4 aromatic rings. The van der Waals surface area contributed by atoms with E-state index in [0.717, 1.165) is 17.0 Å². The highest BCUT2D eigenvalue weighted by Crippen LogP contribution is 2.22. The predicted octanol–water partition coefficient (Wildman–Crippen LogP) is 2.46. The van der Waals surface area contributed by atoms with Gasteiger partial charge < -0.3 is 0 Å². The molecule has 0 aliphatic heterocycles. The maximum Gasteiger partial charge on any atom is 0.253 e. The Hall–Kier alpha value is -2.88. The number of halogens is 1. The molecule has 0 saturated carbocycles. The molecule has 0 bridgehead atoms. The van der Waals surface area contributed by atoms with Gasteiger partial charge in [-0.3, -0.25) is 0 Å². The van der Waals surface area contributed by atoms with Crippen LogP contribution in [0, 0.1) is 26.6 Å². The molecular weight excluding hydrogens is 355 g/mol. The fraction of sp³-hybridized carbons (Fsp3) is 0.250. The number of aromatic nitrogens is 8. The van der Waals surface area contributed by atoms with Crippen LogP contribution in [0.3, 0.4) is 0 Å². The van der Waals surface area contributed by atoms with Crippen molar-refractivity contribution >= 4 is 17.5 Å². The second-order valence-corrected chi connectivity index (χ2v) is 6.84. The van der Waals surface area contributed by atoms with Crippen molar-refractivity contribution in [1.82, 2.24) is 39.8 Å². The van der Waals surface area contributed by atoms with Gasteiger partial charge in [-0.1, -0.05) is 17.8 Å². The van der Waals surface area contributed by atoms with E-state index in [0.29, 0.717) is 28.2 Å². The quantitative estimate of drug-likeness (QED) is 0.510. The lowest BCUT2D eigenvalue weighted by Gasteiger charge is -2.06. The van der Waals surface area contributed by atoms with Crippen molar-refractivity contribution in [2.75, 3.05) is 0 Å². The van der Waals surface area contributed by atoms with Gasteiger partial charge in [-0.25, -0.2) is 13.9 Å². The number of tetrazole rings is 1. The van der Waals surface area contributed by atoms with Crippen molar-refractivity contribution in [3.05, 3.63) is 52.9 Å². The van der Waals surface area contributed by atoms with Gasteiger partial charge >= 0.3 is 0 Å². The van der Waals surface area contributed by atoms with E-state index in [9.17, 15) is 4.39 Å². The van der Waals surface area contributed by atoms with E-state index in [2.05, 4.69) is 30.6 Å². The Morgan fingerprint density at radius 1 is 1.12 bits per heavy atom. The number of rotatable bonds is 4. The van der Waals surface area contributed by atoms with Crippen molar-refractivity contribution < 1.29 is 4.39 Å². The molecule has 4 rings (SSSR count). The second kappa shape index (κ2) is 6.45. The molecule has 10 heteroatoms. The average molecular weight is 370 g/mol. The molecule has 3 heterocycles. The van der Waals surface area contributed by atoms with Crippen LogP contribution in [-0.4, -0.2) is 39.8 Å². The third-order valence-corrected chi connectivity index (χ3v) is 4.63. The van der Waals surface area contributed by atoms with Crippen LogP contribution in [0.1, 0.15) is 22.8 Å². The molecule has 3 aromatic heterocycles. The summed E-state index contributed by atoms with van der Waals surface area (Å²) < 4.78 is 17.2. The van der Waals surface area contributed by atoms with Gasteiger partial charge in [0, 0.05) is 11.4 Å². The van der Waals surface area contributed by atoms with E-state index >= 15 is 0 Å². The molecule has 0 spiro atoms. The van der Waals surface area contributed by atoms with E-state index in [-0.39, 0.29) is 5.82 Å². The highest BCUT2D eigenvalue weighted by molar-refractivity contribution is 7.98. The summed E-state index contributed by atoms with van der Waals surface area (Å²) in [5, 5.41) is 16.6. The molecule has 0 aliphatic carbocycles. The third kappa shape index (κ3) is 3.03. The van der Waals surface area contributed by atoms with Gasteiger partial charge in [-0.05, 0) is 55.0 Å². The van der Waals surface area contributed by atoms with Gasteiger partial charge in [0.15, 0.2) is 5.82 Å². The molecule has 0 aliphatic rings. The normalized spacial score (nSPS) is 11.4. The zero-order valence-corrected chi connectivity index (χ0v) is 15.2. The minimum atomic E-state index is -0.379. The van der Waals surface area contributed by atoms with Gasteiger partial charge in [-0.2, -0.15) is 9.67 Å². The Kier molecular flexibility index (Phi) is 4.11. The van der Waals surface area contributed by atoms with Gasteiger partial charge in [0.2, 0.25) is 5.16 Å². The number of benzene rings is 1. The van der Waals surface area contributed by atoms with Crippen molar-refractivity contribution in [1.29, 1.82) is 0 Å². The third-order valence-electron chi connectivity index (χ3n) is 3.79. The van der Waals surface area contributed by atoms with Crippen LogP contribution in [0.25, 0.3) is 11.5 Å². The molecule has 8 nitrogen and oxygen atoms in total. The molecule has 0 N–H and O–H groups in total. The Balaban J connectivity index is 1.61. The monoisotopic (exact) mass is 370 g/mol. The molecule has 132 valence electrons. The summed E-state index contributed by atoms with van der Waals surface area (Å²) in [7, 11) is 0. The van der Waals surface area contributed by atoms with Crippen molar-refractivity contribution in [2.45, 2.75) is 31.7 Å². The smallest absolute Gasteiger partial charge is 0.216 e. The second-order valence-electron chi connectivity index (χ2n) is 5.90. The largest absolute Gasteiger partial charge is 0.253 e. The van der Waals surface area contributed by atoms with Crippen LogP contribution >= 0.6 is 11.8 Å². The molecule has 0 atom stereocenters. The van der Waals surface area contributed by atoms with Crippen LogP contribution in [0.15, 0.2) is 29.4 Å².